The number of carbonyl (C=O) groups is 1. The van der Waals surface area contributed by atoms with E-state index in [1.807, 2.05) is 24.8 Å². The molecule has 0 aliphatic rings. The Bertz CT molecular complexity index is 417. The van der Waals surface area contributed by atoms with Crippen molar-refractivity contribution in [2.45, 2.75) is 33.2 Å². The van der Waals surface area contributed by atoms with Gasteiger partial charge in [0, 0.05) is 18.2 Å². The highest BCUT2D eigenvalue weighted by molar-refractivity contribution is 5.94. The summed E-state index contributed by atoms with van der Waals surface area (Å²) in [6.45, 7) is 6.80. The van der Waals surface area contributed by atoms with E-state index in [4.69, 9.17) is 5.26 Å². The maximum Gasteiger partial charge on any atom is 0.254 e. The van der Waals surface area contributed by atoms with Crippen LogP contribution in [0.1, 0.15) is 43.1 Å². The van der Waals surface area contributed by atoms with Crippen LogP contribution in [0.2, 0.25) is 0 Å². The van der Waals surface area contributed by atoms with Gasteiger partial charge in [-0.2, -0.15) is 5.26 Å². The van der Waals surface area contributed by atoms with Gasteiger partial charge in [-0.1, -0.05) is 6.92 Å². The van der Waals surface area contributed by atoms with Gasteiger partial charge < -0.3 is 4.90 Å². The Kier molecular flexibility index (Phi) is 4.71. The molecule has 1 aromatic rings. The van der Waals surface area contributed by atoms with E-state index in [2.05, 4.69) is 6.92 Å². The fourth-order valence-corrected chi connectivity index (χ4v) is 1.73. The summed E-state index contributed by atoms with van der Waals surface area (Å²) >= 11 is 0. The zero-order valence-corrected chi connectivity index (χ0v) is 10.6. The molecule has 17 heavy (non-hydrogen) atoms. The van der Waals surface area contributed by atoms with Crippen LogP contribution in [-0.4, -0.2) is 23.4 Å². The number of benzene rings is 1. The normalized spacial score (nSPS) is 11.6. The molecular weight excluding hydrogens is 212 g/mol. The molecule has 1 unspecified atom stereocenters. The van der Waals surface area contributed by atoms with Crippen LogP contribution in [-0.2, 0) is 0 Å². The van der Waals surface area contributed by atoms with E-state index in [-0.39, 0.29) is 11.9 Å². The number of hydrogen-bond acceptors (Lipinski definition) is 2. The summed E-state index contributed by atoms with van der Waals surface area (Å²) in [6, 6.07) is 9.07. The fraction of sp³-hybridized carbons (Fsp3) is 0.429. The van der Waals surface area contributed by atoms with Crippen molar-refractivity contribution >= 4 is 5.91 Å². The standard InChI is InChI=1S/C14H18N2O/c1-4-11(3)16(5-2)14(17)13-8-6-12(10-15)7-9-13/h6-9,11H,4-5H2,1-3H3. The molecule has 1 aromatic carbocycles. The molecule has 0 radical (unpaired) electrons. The number of nitriles is 1. The number of hydrogen-bond donors (Lipinski definition) is 0. The maximum absolute atomic E-state index is 12.2. The molecule has 0 spiro atoms. The predicted molar refractivity (Wildman–Crippen MR) is 67.6 cm³/mol. The molecule has 1 amide bonds. The molecular formula is C14H18N2O. The third kappa shape index (κ3) is 3.07. The summed E-state index contributed by atoms with van der Waals surface area (Å²) in [4.78, 5) is 14.1. The van der Waals surface area contributed by atoms with Gasteiger partial charge in [-0.05, 0) is 44.5 Å². The molecule has 0 aliphatic heterocycles. The molecule has 0 saturated heterocycles. The molecule has 0 heterocycles. The molecule has 0 bridgehead atoms. The summed E-state index contributed by atoms with van der Waals surface area (Å²) in [5.41, 5.74) is 1.22. The van der Waals surface area contributed by atoms with Crippen LogP contribution in [0.25, 0.3) is 0 Å². The summed E-state index contributed by atoms with van der Waals surface area (Å²) in [6.07, 6.45) is 0.940. The van der Waals surface area contributed by atoms with E-state index >= 15 is 0 Å². The Morgan fingerprint density at radius 1 is 1.35 bits per heavy atom. The monoisotopic (exact) mass is 230 g/mol. The van der Waals surface area contributed by atoms with Gasteiger partial charge >= 0.3 is 0 Å². The molecule has 3 heteroatoms. The first-order chi connectivity index (χ1) is 8.13. The highest BCUT2D eigenvalue weighted by Crippen LogP contribution is 2.11. The van der Waals surface area contributed by atoms with Crippen molar-refractivity contribution in [2.24, 2.45) is 0 Å². The van der Waals surface area contributed by atoms with Gasteiger partial charge in [0.25, 0.3) is 5.91 Å². The molecule has 0 aliphatic carbocycles. The second kappa shape index (κ2) is 6.05. The minimum absolute atomic E-state index is 0.0336. The first-order valence-corrected chi connectivity index (χ1v) is 5.95. The van der Waals surface area contributed by atoms with Gasteiger partial charge in [-0.3, -0.25) is 4.79 Å². The molecule has 0 saturated carbocycles. The largest absolute Gasteiger partial charge is 0.336 e. The van der Waals surface area contributed by atoms with E-state index in [9.17, 15) is 4.79 Å². The number of rotatable bonds is 4. The van der Waals surface area contributed by atoms with Crippen molar-refractivity contribution in [1.82, 2.24) is 4.90 Å². The maximum atomic E-state index is 12.2. The minimum Gasteiger partial charge on any atom is -0.336 e. The van der Waals surface area contributed by atoms with Crippen LogP contribution < -0.4 is 0 Å². The molecule has 1 atom stereocenters. The van der Waals surface area contributed by atoms with E-state index in [1.54, 1.807) is 24.3 Å². The second-order valence-electron chi connectivity index (χ2n) is 4.04. The van der Waals surface area contributed by atoms with Gasteiger partial charge in [0.15, 0.2) is 0 Å². The van der Waals surface area contributed by atoms with Gasteiger partial charge in [0.05, 0.1) is 11.6 Å². The highest BCUT2D eigenvalue weighted by Gasteiger charge is 2.18. The van der Waals surface area contributed by atoms with Gasteiger partial charge in [-0.15, -0.1) is 0 Å². The summed E-state index contributed by atoms with van der Waals surface area (Å²) < 4.78 is 0. The topological polar surface area (TPSA) is 44.1 Å². The Labute approximate surface area is 103 Å². The Hall–Kier alpha value is -1.82. The zero-order valence-electron chi connectivity index (χ0n) is 10.6. The lowest BCUT2D eigenvalue weighted by molar-refractivity contribution is 0.0700. The lowest BCUT2D eigenvalue weighted by Crippen LogP contribution is -2.38. The van der Waals surface area contributed by atoms with Crippen molar-refractivity contribution in [2.75, 3.05) is 6.54 Å². The SMILES string of the molecule is CCC(C)N(CC)C(=O)c1ccc(C#N)cc1. The lowest BCUT2D eigenvalue weighted by atomic mass is 10.1. The Morgan fingerprint density at radius 3 is 2.35 bits per heavy atom. The fourth-order valence-electron chi connectivity index (χ4n) is 1.73. The van der Waals surface area contributed by atoms with Crippen molar-refractivity contribution in [1.29, 1.82) is 5.26 Å². The highest BCUT2D eigenvalue weighted by atomic mass is 16.2. The zero-order chi connectivity index (χ0) is 12.8. The smallest absolute Gasteiger partial charge is 0.254 e. The van der Waals surface area contributed by atoms with Crippen molar-refractivity contribution in [3.8, 4) is 6.07 Å². The molecule has 0 aromatic heterocycles. The summed E-state index contributed by atoms with van der Waals surface area (Å²) in [5.74, 6) is 0.0336. The van der Waals surface area contributed by atoms with Crippen molar-refractivity contribution in [3.05, 3.63) is 35.4 Å². The number of amides is 1. The van der Waals surface area contributed by atoms with E-state index in [0.717, 1.165) is 6.42 Å². The minimum atomic E-state index is 0.0336. The van der Waals surface area contributed by atoms with Crippen LogP contribution in [0.3, 0.4) is 0 Å². The molecule has 0 fully saturated rings. The number of carbonyl (C=O) groups excluding carboxylic acids is 1. The third-order valence-electron chi connectivity index (χ3n) is 2.99. The van der Waals surface area contributed by atoms with Crippen LogP contribution in [0.15, 0.2) is 24.3 Å². The molecule has 3 nitrogen and oxygen atoms in total. The van der Waals surface area contributed by atoms with E-state index < -0.39 is 0 Å². The number of nitrogens with zero attached hydrogens (tertiary/aromatic N) is 2. The predicted octanol–water partition coefficient (Wildman–Crippen LogP) is 2.82. The van der Waals surface area contributed by atoms with Crippen LogP contribution >= 0.6 is 0 Å². The lowest BCUT2D eigenvalue weighted by Gasteiger charge is -2.27. The van der Waals surface area contributed by atoms with Crippen LogP contribution in [0, 0.1) is 11.3 Å². The summed E-state index contributed by atoms with van der Waals surface area (Å²) in [7, 11) is 0. The molecule has 0 N–H and O–H groups in total. The Morgan fingerprint density at radius 2 is 1.94 bits per heavy atom. The van der Waals surface area contributed by atoms with Crippen molar-refractivity contribution < 1.29 is 4.79 Å². The second-order valence-corrected chi connectivity index (χ2v) is 4.04. The first kappa shape index (κ1) is 13.2. The quantitative estimate of drug-likeness (QED) is 0.798. The van der Waals surface area contributed by atoms with E-state index in [0.29, 0.717) is 17.7 Å². The van der Waals surface area contributed by atoms with Gasteiger partial charge in [0.2, 0.25) is 0 Å². The first-order valence-electron chi connectivity index (χ1n) is 5.95. The average Bonchev–Trinajstić information content (AvgIpc) is 2.39. The average molecular weight is 230 g/mol. The van der Waals surface area contributed by atoms with Crippen molar-refractivity contribution in [3.63, 3.8) is 0 Å². The van der Waals surface area contributed by atoms with Gasteiger partial charge in [-0.25, -0.2) is 0 Å². The molecule has 90 valence electrons. The third-order valence-corrected chi connectivity index (χ3v) is 2.99. The van der Waals surface area contributed by atoms with Crippen LogP contribution in [0.4, 0.5) is 0 Å². The molecule has 1 rings (SSSR count). The van der Waals surface area contributed by atoms with Crippen LogP contribution in [0.5, 0.6) is 0 Å². The van der Waals surface area contributed by atoms with Gasteiger partial charge in [0.1, 0.15) is 0 Å². The summed E-state index contributed by atoms with van der Waals surface area (Å²) in [5, 5.41) is 8.70. The van der Waals surface area contributed by atoms with E-state index in [1.165, 1.54) is 0 Å². The Balaban J connectivity index is 2.90.